The number of halogens is 1. The topological polar surface area (TPSA) is 86.1 Å². The zero-order valence-corrected chi connectivity index (χ0v) is 17.9. The third-order valence-electron chi connectivity index (χ3n) is 4.10. The van der Waals surface area contributed by atoms with Crippen molar-refractivity contribution in [2.75, 3.05) is 6.54 Å². The van der Waals surface area contributed by atoms with Crippen LogP contribution >= 0.6 is 22.9 Å². The number of nitrogens with zero attached hydrogens (tertiary/aromatic N) is 3. The summed E-state index contributed by atoms with van der Waals surface area (Å²) in [5, 5.41) is 8.65. The van der Waals surface area contributed by atoms with E-state index in [1.807, 2.05) is 13.8 Å². The van der Waals surface area contributed by atoms with Gasteiger partial charge >= 0.3 is 0 Å². The zero-order valence-electron chi connectivity index (χ0n) is 16.3. The maximum atomic E-state index is 12.3. The van der Waals surface area contributed by atoms with Gasteiger partial charge < -0.3 is 10.1 Å². The van der Waals surface area contributed by atoms with Gasteiger partial charge in [-0.3, -0.25) is 9.59 Å². The number of hydrogen-bond acceptors (Lipinski definition) is 6. The molecule has 9 heteroatoms. The summed E-state index contributed by atoms with van der Waals surface area (Å²) < 4.78 is 6.93. The van der Waals surface area contributed by atoms with Crippen LogP contribution < -0.4 is 15.6 Å². The van der Waals surface area contributed by atoms with Crippen molar-refractivity contribution >= 4 is 28.8 Å². The van der Waals surface area contributed by atoms with Gasteiger partial charge in [0.15, 0.2) is 6.10 Å². The van der Waals surface area contributed by atoms with Crippen molar-refractivity contribution in [3.63, 3.8) is 0 Å². The molecule has 0 aliphatic carbocycles. The van der Waals surface area contributed by atoms with Crippen LogP contribution in [0.2, 0.25) is 5.02 Å². The Labute approximate surface area is 177 Å². The van der Waals surface area contributed by atoms with Gasteiger partial charge in [-0.05, 0) is 45.0 Å². The van der Waals surface area contributed by atoms with Crippen LogP contribution in [0.25, 0.3) is 10.6 Å². The van der Waals surface area contributed by atoms with E-state index in [-0.39, 0.29) is 24.6 Å². The second-order valence-corrected chi connectivity index (χ2v) is 8.08. The van der Waals surface area contributed by atoms with Crippen LogP contribution in [0.15, 0.2) is 41.2 Å². The lowest BCUT2D eigenvalue weighted by molar-refractivity contribution is -0.127. The van der Waals surface area contributed by atoms with Crippen molar-refractivity contribution in [2.45, 2.75) is 33.4 Å². The van der Waals surface area contributed by atoms with Crippen molar-refractivity contribution in [3.8, 4) is 16.3 Å². The summed E-state index contributed by atoms with van der Waals surface area (Å²) in [6, 6.07) is 10.0. The van der Waals surface area contributed by atoms with E-state index < -0.39 is 6.10 Å². The smallest absolute Gasteiger partial charge is 0.266 e. The van der Waals surface area contributed by atoms with Gasteiger partial charge in [-0.25, -0.2) is 9.67 Å². The van der Waals surface area contributed by atoms with Gasteiger partial charge in [0.05, 0.1) is 22.1 Å². The van der Waals surface area contributed by atoms with Crippen LogP contribution in [-0.2, 0) is 11.3 Å². The summed E-state index contributed by atoms with van der Waals surface area (Å²) in [6.07, 6.45) is -0.702. The van der Waals surface area contributed by atoms with Crippen molar-refractivity contribution in [2.24, 2.45) is 0 Å². The van der Waals surface area contributed by atoms with E-state index >= 15 is 0 Å². The Morgan fingerprint density at radius 3 is 2.79 bits per heavy atom. The lowest BCUT2D eigenvalue weighted by atomic mass is 10.3. The Morgan fingerprint density at radius 2 is 2.10 bits per heavy atom. The average molecular weight is 433 g/mol. The number of thiazole rings is 1. The molecular weight excluding hydrogens is 412 g/mol. The molecule has 7 nitrogen and oxygen atoms in total. The number of carbonyl (C=O) groups excluding carboxylic acids is 1. The quantitative estimate of drug-likeness (QED) is 0.619. The van der Waals surface area contributed by atoms with Gasteiger partial charge in [0, 0.05) is 17.6 Å². The van der Waals surface area contributed by atoms with E-state index in [1.165, 1.54) is 22.1 Å². The van der Waals surface area contributed by atoms with E-state index in [0.717, 1.165) is 15.6 Å². The first-order chi connectivity index (χ1) is 13.8. The van der Waals surface area contributed by atoms with Gasteiger partial charge in [0.1, 0.15) is 11.4 Å². The second kappa shape index (κ2) is 9.19. The largest absolute Gasteiger partial charge is 0.481 e. The number of ether oxygens (including phenoxy) is 1. The summed E-state index contributed by atoms with van der Waals surface area (Å²) in [5.74, 6) is 0.226. The summed E-state index contributed by atoms with van der Waals surface area (Å²) in [4.78, 5) is 29.7. The van der Waals surface area contributed by atoms with E-state index in [9.17, 15) is 9.59 Å². The molecule has 152 valence electrons. The molecule has 1 atom stereocenters. The molecule has 2 heterocycles. The van der Waals surface area contributed by atoms with Crippen molar-refractivity contribution in [1.82, 2.24) is 20.1 Å². The Hall–Kier alpha value is -2.71. The molecule has 0 saturated carbocycles. The Kier molecular flexibility index (Phi) is 6.66. The van der Waals surface area contributed by atoms with Gasteiger partial charge in [-0.1, -0.05) is 17.7 Å². The molecule has 0 fully saturated rings. The maximum Gasteiger partial charge on any atom is 0.266 e. The number of rotatable bonds is 7. The molecule has 1 unspecified atom stereocenters. The second-order valence-electron chi connectivity index (χ2n) is 6.44. The Morgan fingerprint density at radius 1 is 1.31 bits per heavy atom. The molecule has 0 aliphatic heterocycles. The number of amides is 1. The first-order valence-electron chi connectivity index (χ1n) is 9.06. The maximum absolute atomic E-state index is 12.3. The minimum Gasteiger partial charge on any atom is -0.481 e. The Balaban J connectivity index is 1.59. The predicted molar refractivity (Wildman–Crippen MR) is 114 cm³/mol. The number of aromatic nitrogens is 3. The molecule has 0 bridgehead atoms. The highest BCUT2D eigenvalue weighted by molar-refractivity contribution is 7.15. The van der Waals surface area contributed by atoms with Gasteiger partial charge in [-0.2, -0.15) is 5.10 Å². The van der Waals surface area contributed by atoms with Crippen molar-refractivity contribution in [1.29, 1.82) is 0 Å². The van der Waals surface area contributed by atoms with Gasteiger partial charge in [-0.15, -0.1) is 11.3 Å². The van der Waals surface area contributed by atoms with E-state index in [4.69, 9.17) is 16.3 Å². The van der Waals surface area contributed by atoms with Crippen LogP contribution in [0, 0.1) is 13.8 Å². The van der Waals surface area contributed by atoms with Crippen LogP contribution in [0.3, 0.4) is 0 Å². The zero-order chi connectivity index (χ0) is 21.0. The number of nitrogens with one attached hydrogen (secondary N) is 1. The van der Waals surface area contributed by atoms with Gasteiger partial charge in [0.2, 0.25) is 0 Å². The third kappa shape index (κ3) is 5.42. The fourth-order valence-electron chi connectivity index (χ4n) is 2.73. The Bertz CT molecular complexity index is 1080. The van der Waals surface area contributed by atoms with E-state index in [0.29, 0.717) is 16.5 Å². The van der Waals surface area contributed by atoms with Crippen LogP contribution in [0.1, 0.15) is 17.6 Å². The molecule has 2 aromatic heterocycles. The van der Waals surface area contributed by atoms with E-state index in [1.54, 1.807) is 37.3 Å². The monoisotopic (exact) mass is 432 g/mol. The third-order valence-corrected chi connectivity index (χ3v) is 5.43. The molecular formula is C20H21ClN4O3S. The van der Waals surface area contributed by atoms with Crippen LogP contribution in [0.5, 0.6) is 5.75 Å². The van der Waals surface area contributed by atoms with Crippen LogP contribution in [0.4, 0.5) is 0 Å². The fraction of sp³-hybridized carbons (Fsp3) is 0.300. The number of hydrogen-bond donors (Lipinski definition) is 1. The minimum atomic E-state index is -0.702. The standard InChI is InChI=1S/C20H21ClN4O3S/c1-12-19(29-14(3)23-12)17-7-8-18(26)25(24-17)10-9-22-20(27)13(2)28-16-6-4-5-15(21)11-16/h4-8,11,13H,9-10H2,1-3H3,(H,22,27). The SMILES string of the molecule is Cc1nc(C)c(-c2ccc(=O)n(CCNC(=O)C(C)Oc3cccc(Cl)c3)n2)s1. The first-order valence-corrected chi connectivity index (χ1v) is 10.3. The highest BCUT2D eigenvalue weighted by Gasteiger charge is 2.15. The highest BCUT2D eigenvalue weighted by atomic mass is 35.5. The normalized spacial score (nSPS) is 11.9. The molecule has 0 radical (unpaired) electrons. The molecule has 1 aromatic carbocycles. The van der Waals surface area contributed by atoms with Gasteiger partial charge in [0.25, 0.3) is 11.5 Å². The molecule has 3 rings (SSSR count). The lowest BCUT2D eigenvalue weighted by Gasteiger charge is -2.15. The van der Waals surface area contributed by atoms with Crippen molar-refractivity contribution in [3.05, 3.63) is 62.5 Å². The molecule has 3 aromatic rings. The van der Waals surface area contributed by atoms with Crippen LogP contribution in [-0.4, -0.2) is 33.3 Å². The number of benzene rings is 1. The summed E-state index contributed by atoms with van der Waals surface area (Å²) in [7, 11) is 0. The molecule has 0 spiro atoms. The number of aryl methyl sites for hydroxylation is 2. The summed E-state index contributed by atoms with van der Waals surface area (Å²) in [6.45, 7) is 5.99. The lowest BCUT2D eigenvalue weighted by Crippen LogP contribution is -2.39. The molecule has 29 heavy (non-hydrogen) atoms. The molecule has 0 aliphatic rings. The molecule has 1 amide bonds. The predicted octanol–water partition coefficient (Wildman–Crippen LogP) is 3.22. The fourth-order valence-corrected chi connectivity index (χ4v) is 3.79. The average Bonchev–Trinajstić information content (AvgIpc) is 3.01. The molecule has 1 N–H and O–H groups in total. The first kappa shape index (κ1) is 21.0. The summed E-state index contributed by atoms with van der Waals surface area (Å²) in [5.41, 5.74) is 1.34. The highest BCUT2D eigenvalue weighted by Crippen LogP contribution is 2.27. The minimum absolute atomic E-state index is 0.231. The summed E-state index contributed by atoms with van der Waals surface area (Å²) >= 11 is 7.45. The number of carbonyl (C=O) groups is 1. The van der Waals surface area contributed by atoms with Crippen molar-refractivity contribution < 1.29 is 9.53 Å². The van der Waals surface area contributed by atoms with E-state index in [2.05, 4.69) is 15.4 Å². The molecule has 0 saturated heterocycles.